The fourth-order valence-electron chi connectivity index (χ4n) is 1.66. The summed E-state index contributed by atoms with van der Waals surface area (Å²) >= 11 is 3.21. The Balaban J connectivity index is 2.92. The van der Waals surface area contributed by atoms with E-state index in [0.717, 1.165) is 0 Å². The number of hydrogen-bond acceptors (Lipinski definition) is 3. The molecule has 18 heavy (non-hydrogen) atoms. The van der Waals surface area contributed by atoms with E-state index in [1.807, 2.05) is 0 Å². The number of amidine groups is 1. The quantitative estimate of drug-likeness (QED) is 0.637. The second-order valence-corrected chi connectivity index (χ2v) is 7.17. The molecule has 1 aromatic carbocycles. The van der Waals surface area contributed by atoms with Gasteiger partial charge in [0.15, 0.2) is 9.84 Å². The van der Waals surface area contributed by atoms with Gasteiger partial charge in [0.05, 0.1) is 5.75 Å². The molecule has 0 aliphatic rings. The van der Waals surface area contributed by atoms with Gasteiger partial charge in [0.2, 0.25) is 0 Å². The van der Waals surface area contributed by atoms with E-state index in [-0.39, 0.29) is 5.75 Å². The van der Waals surface area contributed by atoms with Crippen molar-refractivity contribution in [1.82, 2.24) is 0 Å². The largest absolute Gasteiger partial charge is 0.387 e. The van der Waals surface area contributed by atoms with Gasteiger partial charge in [0.1, 0.15) is 17.4 Å². The number of sulfone groups is 1. The molecule has 0 fully saturated rings. The predicted molar refractivity (Wildman–Crippen MR) is 73.1 cm³/mol. The first-order valence-corrected chi connectivity index (χ1v) is 7.81. The van der Waals surface area contributed by atoms with Gasteiger partial charge >= 0.3 is 0 Å². The SMILES string of the molecule is CC(CS(=O)(=O)CC(=N)N)c1cc(Br)ccc1F. The molecule has 1 rings (SSSR count). The molecule has 3 N–H and O–H groups in total. The molecule has 0 heterocycles. The van der Waals surface area contributed by atoms with Gasteiger partial charge in [-0.3, -0.25) is 5.41 Å². The lowest BCUT2D eigenvalue weighted by Crippen LogP contribution is -2.26. The van der Waals surface area contributed by atoms with E-state index in [2.05, 4.69) is 15.9 Å². The van der Waals surface area contributed by atoms with Crippen LogP contribution in [0.15, 0.2) is 22.7 Å². The van der Waals surface area contributed by atoms with Crippen molar-refractivity contribution in [3.05, 3.63) is 34.1 Å². The number of hydrogen-bond donors (Lipinski definition) is 2. The Kier molecular flexibility index (Phi) is 4.86. The van der Waals surface area contributed by atoms with Gasteiger partial charge in [-0.15, -0.1) is 0 Å². The molecule has 0 radical (unpaired) electrons. The van der Waals surface area contributed by atoms with Crippen molar-refractivity contribution in [3.63, 3.8) is 0 Å². The average molecular weight is 337 g/mol. The third-order valence-corrected chi connectivity index (χ3v) is 4.62. The lowest BCUT2D eigenvalue weighted by Gasteiger charge is -2.13. The Morgan fingerprint density at radius 1 is 1.56 bits per heavy atom. The van der Waals surface area contributed by atoms with Crippen LogP contribution in [0.3, 0.4) is 0 Å². The van der Waals surface area contributed by atoms with Gasteiger partial charge < -0.3 is 5.73 Å². The smallest absolute Gasteiger partial charge is 0.158 e. The summed E-state index contributed by atoms with van der Waals surface area (Å²) in [5, 5.41) is 6.99. The maximum absolute atomic E-state index is 13.6. The molecule has 0 spiro atoms. The van der Waals surface area contributed by atoms with Gasteiger partial charge in [-0.05, 0) is 29.7 Å². The summed E-state index contributed by atoms with van der Waals surface area (Å²) in [4.78, 5) is 0. The van der Waals surface area contributed by atoms with E-state index in [4.69, 9.17) is 11.1 Å². The highest BCUT2D eigenvalue weighted by Crippen LogP contribution is 2.24. The van der Waals surface area contributed by atoms with Crippen LogP contribution in [-0.4, -0.2) is 25.8 Å². The van der Waals surface area contributed by atoms with Crippen molar-refractivity contribution in [2.45, 2.75) is 12.8 Å². The molecular weight excluding hydrogens is 323 g/mol. The second kappa shape index (κ2) is 5.79. The Morgan fingerprint density at radius 3 is 2.72 bits per heavy atom. The number of nitrogens with one attached hydrogen (secondary N) is 1. The van der Waals surface area contributed by atoms with Crippen LogP contribution in [0.1, 0.15) is 18.4 Å². The molecule has 1 aromatic rings. The van der Waals surface area contributed by atoms with Crippen molar-refractivity contribution < 1.29 is 12.8 Å². The van der Waals surface area contributed by atoms with Crippen LogP contribution in [0.5, 0.6) is 0 Å². The van der Waals surface area contributed by atoms with Gasteiger partial charge in [-0.2, -0.15) is 0 Å². The van der Waals surface area contributed by atoms with E-state index in [1.165, 1.54) is 6.07 Å². The fraction of sp³-hybridized carbons (Fsp3) is 0.364. The summed E-state index contributed by atoms with van der Waals surface area (Å²) in [6, 6.07) is 4.40. The number of nitrogens with two attached hydrogens (primary N) is 1. The third kappa shape index (κ3) is 4.38. The van der Waals surface area contributed by atoms with E-state index in [0.29, 0.717) is 10.0 Å². The van der Waals surface area contributed by atoms with Crippen molar-refractivity contribution >= 4 is 31.6 Å². The molecule has 1 atom stereocenters. The van der Waals surface area contributed by atoms with Crippen molar-refractivity contribution in [1.29, 1.82) is 5.41 Å². The summed E-state index contributed by atoms with van der Waals surface area (Å²) in [7, 11) is -3.49. The molecule has 1 unspecified atom stereocenters. The summed E-state index contributed by atoms with van der Waals surface area (Å²) < 4.78 is 37.6. The van der Waals surface area contributed by atoms with Gasteiger partial charge in [0.25, 0.3) is 0 Å². The molecule has 0 saturated heterocycles. The van der Waals surface area contributed by atoms with E-state index >= 15 is 0 Å². The van der Waals surface area contributed by atoms with Crippen LogP contribution in [0.4, 0.5) is 4.39 Å². The molecule has 0 aliphatic carbocycles. The standard InChI is InChI=1S/C11H14BrFN2O2S/c1-7(5-18(16,17)6-11(14)15)9-4-8(12)2-3-10(9)13/h2-4,7H,5-6H2,1H3,(H3,14,15). The van der Waals surface area contributed by atoms with Crippen LogP contribution >= 0.6 is 15.9 Å². The van der Waals surface area contributed by atoms with Crippen LogP contribution < -0.4 is 5.73 Å². The van der Waals surface area contributed by atoms with Crippen LogP contribution in [-0.2, 0) is 9.84 Å². The number of halogens is 2. The van der Waals surface area contributed by atoms with Gasteiger partial charge in [-0.25, -0.2) is 12.8 Å². The second-order valence-electron chi connectivity index (χ2n) is 4.15. The molecule has 0 amide bonds. The number of benzene rings is 1. The monoisotopic (exact) mass is 336 g/mol. The number of rotatable bonds is 5. The maximum Gasteiger partial charge on any atom is 0.158 e. The Hall–Kier alpha value is -0.950. The first-order chi connectivity index (χ1) is 8.21. The summed E-state index contributed by atoms with van der Waals surface area (Å²) in [5.74, 6) is -2.07. The van der Waals surface area contributed by atoms with E-state index in [1.54, 1.807) is 19.1 Å². The maximum atomic E-state index is 13.6. The minimum absolute atomic E-state index is 0.236. The normalized spacial score (nSPS) is 13.3. The van der Waals surface area contributed by atoms with E-state index < -0.39 is 33.2 Å². The zero-order valence-corrected chi connectivity index (χ0v) is 12.2. The lowest BCUT2D eigenvalue weighted by molar-refractivity contribution is 0.581. The molecular formula is C11H14BrFN2O2S. The summed E-state index contributed by atoms with van der Waals surface area (Å²) in [6.07, 6.45) is 0. The highest BCUT2D eigenvalue weighted by Gasteiger charge is 2.20. The van der Waals surface area contributed by atoms with Crippen LogP contribution in [0, 0.1) is 11.2 Å². The lowest BCUT2D eigenvalue weighted by atomic mass is 10.0. The zero-order valence-electron chi connectivity index (χ0n) is 9.78. The molecule has 0 saturated carbocycles. The first-order valence-electron chi connectivity index (χ1n) is 5.19. The highest BCUT2D eigenvalue weighted by atomic mass is 79.9. The molecule has 0 bridgehead atoms. The molecule has 7 heteroatoms. The molecule has 100 valence electrons. The molecule has 4 nitrogen and oxygen atoms in total. The zero-order chi connectivity index (χ0) is 13.9. The summed E-state index contributed by atoms with van der Waals surface area (Å²) in [5.41, 5.74) is 5.40. The predicted octanol–water partition coefficient (Wildman–Crippen LogP) is 2.04. The first kappa shape index (κ1) is 15.1. The fourth-order valence-corrected chi connectivity index (χ4v) is 3.57. The highest BCUT2D eigenvalue weighted by molar-refractivity contribution is 9.10. The van der Waals surface area contributed by atoms with Gasteiger partial charge in [0, 0.05) is 4.47 Å². The third-order valence-electron chi connectivity index (χ3n) is 2.37. The van der Waals surface area contributed by atoms with Crippen molar-refractivity contribution in [3.8, 4) is 0 Å². The van der Waals surface area contributed by atoms with E-state index in [9.17, 15) is 12.8 Å². The Labute approximate surface area is 114 Å². The summed E-state index contributed by atoms with van der Waals surface area (Å²) in [6.45, 7) is 1.63. The Bertz CT molecular complexity index is 560. The minimum atomic E-state index is -3.49. The topological polar surface area (TPSA) is 84.0 Å². The van der Waals surface area contributed by atoms with Crippen LogP contribution in [0.2, 0.25) is 0 Å². The molecule has 0 aromatic heterocycles. The Morgan fingerprint density at radius 2 is 2.17 bits per heavy atom. The van der Waals surface area contributed by atoms with Crippen LogP contribution in [0.25, 0.3) is 0 Å². The van der Waals surface area contributed by atoms with Gasteiger partial charge in [-0.1, -0.05) is 22.9 Å². The minimum Gasteiger partial charge on any atom is -0.387 e. The van der Waals surface area contributed by atoms with Crippen molar-refractivity contribution in [2.24, 2.45) is 5.73 Å². The van der Waals surface area contributed by atoms with Crippen molar-refractivity contribution in [2.75, 3.05) is 11.5 Å². The molecule has 0 aliphatic heterocycles. The average Bonchev–Trinajstić information content (AvgIpc) is 2.18.